The van der Waals surface area contributed by atoms with E-state index in [0.717, 1.165) is 12.8 Å². The van der Waals surface area contributed by atoms with Crippen molar-refractivity contribution < 1.29 is 19.4 Å². The number of fused-ring (bicyclic) bond motifs is 1. The first-order valence-electron chi connectivity index (χ1n) is 6.59. The van der Waals surface area contributed by atoms with Crippen molar-refractivity contribution in [2.75, 3.05) is 18.1 Å². The Labute approximate surface area is 116 Å². The van der Waals surface area contributed by atoms with Crippen molar-refractivity contribution in [3.8, 4) is 5.75 Å². The van der Waals surface area contributed by atoms with Crippen molar-refractivity contribution in [2.24, 2.45) is 0 Å². The van der Waals surface area contributed by atoms with Crippen LogP contribution < -0.4 is 15.0 Å². The molecule has 1 aliphatic heterocycles. The van der Waals surface area contributed by atoms with Gasteiger partial charge in [-0.2, -0.15) is 0 Å². The molecule has 2 amide bonds. The van der Waals surface area contributed by atoms with E-state index in [9.17, 15) is 9.59 Å². The number of hydrogen-bond donors (Lipinski definition) is 2. The van der Waals surface area contributed by atoms with Crippen LogP contribution in [-0.2, 0) is 0 Å². The molecule has 6 heteroatoms. The number of nitrogens with one attached hydrogen (secondary N) is 1. The van der Waals surface area contributed by atoms with Gasteiger partial charge in [0.15, 0.2) is 5.75 Å². The molecule has 0 saturated heterocycles. The molecule has 0 aromatic heterocycles. The predicted molar refractivity (Wildman–Crippen MR) is 72.4 cm³/mol. The van der Waals surface area contributed by atoms with Crippen LogP contribution in [0.3, 0.4) is 0 Å². The van der Waals surface area contributed by atoms with Gasteiger partial charge in [-0.15, -0.1) is 0 Å². The number of benzene rings is 1. The third-order valence-electron chi connectivity index (χ3n) is 3.73. The van der Waals surface area contributed by atoms with E-state index in [4.69, 9.17) is 9.84 Å². The highest BCUT2D eigenvalue weighted by Crippen LogP contribution is 2.37. The minimum atomic E-state index is -1.06. The van der Waals surface area contributed by atoms with E-state index in [2.05, 4.69) is 5.32 Å². The predicted octanol–water partition coefficient (Wildman–Crippen LogP) is 1.85. The van der Waals surface area contributed by atoms with Crippen LogP contribution in [0.1, 0.15) is 30.1 Å². The van der Waals surface area contributed by atoms with Gasteiger partial charge >= 0.3 is 12.0 Å². The number of para-hydroxylation sites is 1. The summed E-state index contributed by atoms with van der Waals surface area (Å²) in [6.07, 6.45) is 1.95. The lowest BCUT2D eigenvalue weighted by atomic mass is 10.1. The number of urea groups is 1. The lowest BCUT2D eigenvalue weighted by Crippen LogP contribution is -2.48. The van der Waals surface area contributed by atoms with E-state index >= 15 is 0 Å². The first-order chi connectivity index (χ1) is 9.50. The minimum absolute atomic E-state index is 0.0811. The molecular formula is C14H16N2O4. The fourth-order valence-electron chi connectivity index (χ4n) is 2.27. The summed E-state index contributed by atoms with van der Waals surface area (Å²) in [5, 5.41) is 12.1. The molecule has 0 radical (unpaired) electrons. The minimum Gasteiger partial charge on any atom is -0.489 e. The van der Waals surface area contributed by atoms with Crippen molar-refractivity contribution in [1.82, 2.24) is 5.32 Å². The van der Waals surface area contributed by atoms with Crippen LogP contribution in [0, 0.1) is 0 Å². The maximum Gasteiger partial charge on any atom is 0.339 e. The first-order valence-corrected chi connectivity index (χ1v) is 6.59. The molecular weight excluding hydrogens is 260 g/mol. The maximum atomic E-state index is 12.3. The molecule has 6 nitrogen and oxygen atoms in total. The van der Waals surface area contributed by atoms with Gasteiger partial charge in [0.05, 0.1) is 12.2 Å². The van der Waals surface area contributed by atoms with Gasteiger partial charge in [-0.1, -0.05) is 6.07 Å². The second kappa shape index (κ2) is 4.40. The summed E-state index contributed by atoms with van der Waals surface area (Å²) in [6.45, 7) is 2.71. The van der Waals surface area contributed by atoms with Crippen LogP contribution in [0.25, 0.3) is 0 Å². The van der Waals surface area contributed by atoms with Crippen LogP contribution in [0.5, 0.6) is 5.75 Å². The molecule has 2 N–H and O–H groups in total. The fourth-order valence-corrected chi connectivity index (χ4v) is 2.27. The van der Waals surface area contributed by atoms with Crippen LogP contribution >= 0.6 is 0 Å². The summed E-state index contributed by atoms with van der Waals surface area (Å²) in [6, 6.07) is 4.61. The van der Waals surface area contributed by atoms with Crippen LogP contribution in [0.4, 0.5) is 10.5 Å². The standard InChI is InChI=1S/C14H16N2O4/c1-14(5-6-14)15-13(19)16-7-8-20-11-9(12(17)18)3-2-4-10(11)16/h2-4H,5-8H2,1H3,(H,15,19)(H,17,18). The molecule has 1 aromatic carbocycles. The Morgan fingerprint density at radius 3 is 2.80 bits per heavy atom. The largest absolute Gasteiger partial charge is 0.489 e. The van der Waals surface area contributed by atoms with E-state index in [1.54, 1.807) is 17.0 Å². The molecule has 0 spiro atoms. The van der Waals surface area contributed by atoms with Gasteiger partial charge in [0.2, 0.25) is 0 Å². The number of carboxylic acids is 1. The van der Waals surface area contributed by atoms with Gasteiger partial charge in [-0.25, -0.2) is 9.59 Å². The molecule has 1 aliphatic carbocycles. The first kappa shape index (κ1) is 12.8. The number of carboxylic acid groups (broad SMARTS) is 1. The van der Waals surface area contributed by atoms with E-state index in [1.807, 2.05) is 6.92 Å². The van der Waals surface area contributed by atoms with Crippen molar-refractivity contribution in [3.05, 3.63) is 23.8 Å². The Balaban J connectivity index is 1.91. The number of anilines is 1. The van der Waals surface area contributed by atoms with Gasteiger partial charge in [0.1, 0.15) is 12.2 Å². The van der Waals surface area contributed by atoms with Crippen LogP contribution in [0.15, 0.2) is 18.2 Å². The van der Waals surface area contributed by atoms with Crippen LogP contribution in [-0.4, -0.2) is 35.8 Å². The van der Waals surface area contributed by atoms with Crippen molar-refractivity contribution in [1.29, 1.82) is 0 Å². The highest BCUT2D eigenvalue weighted by atomic mass is 16.5. The average Bonchev–Trinajstić information content (AvgIpc) is 3.14. The average molecular weight is 276 g/mol. The van der Waals surface area contributed by atoms with Gasteiger partial charge in [0.25, 0.3) is 0 Å². The molecule has 1 heterocycles. The molecule has 3 rings (SSSR count). The van der Waals surface area contributed by atoms with Crippen molar-refractivity contribution in [2.45, 2.75) is 25.3 Å². The van der Waals surface area contributed by atoms with Gasteiger partial charge in [-0.3, -0.25) is 4.90 Å². The lowest BCUT2D eigenvalue weighted by molar-refractivity contribution is 0.0692. The van der Waals surface area contributed by atoms with E-state index in [1.165, 1.54) is 6.07 Å². The van der Waals surface area contributed by atoms with Gasteiger partial charge < -0.3 is 15.2 Å². The molecule has 20 heavy (non-hydrogen) atoms. The summed E-state index contributed by atoms with van der Waals surface area (Å²) in [7, 11) is 0. The lowest BCUT2D eigenvalue weighted by Gasteiger charge is -2.31. The molecule has 106 valence electrons. The maximum absolute atomic E-state index is 12.3. The quantitative estimate of drug-likeness (QED) is 0.864. The van der Waals surface area contributed by atoms with Crippen molar-refractivity contribution >= 4 is 17.7 Å². The Kier molecular flexibility index (Phi) is 2.81. The summed E-state index contributed by atoms with van der Waals surface area (Å²) >= 11 is 0. The Morgan fingerprint density at radius 1 is 1.40 bits per heavy atom. The number of rotatable bonds is 2. The van der Waals surface area contributed by atoms with E-state index in [-0.39, 0.29) is 22.9 Å². The number of amides is 2. The molecule has 1 fully saturated rings. The Bertz CT molecular complexity index is 581. The Morgan fingerprint density at radius 2 is 2.15 bits per heavy atom. The number of hydrogen-bond acceptors (Lipinski definition) is 3. The highest BCUT2D eigenvalue weighted by molar-refractivity contribution is 5.99. The summed E-state index contributed by atoms with van der Waals surface area (Å²) < 4.78 is 5.44. The van der Waals surface area contributed by atoms with Gasteiger partial charge in [-0.05, 0) is 31.9 Å². The van der Waals surface area contributed by atoms with E-state index < -0.39 is 5.97 Å². The second-order valence-corrected chi connectivity index (χ2v) is 5.45. The number of carbonyl (C=O) groups excluding carboxylic acids is 1. The Hall–Kier alpha value is -2.24. The third kappa shape index (κ3) is 2.17. The van der Waals surface area contributed by atoms with Gasteiger partial charge in [0, 0.05) is 5.54 Å². The molecule has 1 saturated carbocycles. The second-order valence-electron chi connectivity index (χ2n) is 5.45. The number of aromatic carboxylic acids is 1. The molecule has 2 aliphatic rings. The molecule has 0 bridgehead atoms. The zero-order valence-electron chi connectivity index (χ0n) is 11.2. The number of ether oxygens (including phenoxy) is 1. The number of nitrogens with zero attached hydrogens (tertiary/aromatic N) is 1. The van der Waals surface area contributed by atoms with Crippen molar-refractivity contribution in [3.63, 3.8) is 0 Å². The SMILES string of the molecule is CC1(NC(=O)N2CCOc3c(C(=O)O)cccc32)CC1. The topological polar surface area (TPSA) is 78.9 Å². The monoisotopic (exact) mass is 276 g/mol. The molecule has 0 atom stereocenters. The summed E-state index contributed by atoms with van der Waals surface area (Å²) in [5.41, 5.74) is 0.482. The van der Waals surface area contributed by atoms with Crippen LogP contribution in [0.2, 0.25) is 0 Å². The summed E-state index contributed by atoms with van der Waals surface area (Å²) in [4.78, 5) is 25.0. The molecule has 1 aromatic rings. The third-order valence-corrected chi connectivity index (χ3v) is 3.73. The zero-order valence-corrected chi connectivity index (χ0v) is 11.2. The molecule has 0 unspecified atom stereocenters. The fraction of sp³-hybridized carbons (Fsp3) is 0.429. The zero-order chi connectivity index (χ0) is 14.3. The normalized spacial score (nSPS) is 18.8. The number of carbonyl (C=O) groups is 2. The van der Waals surface area contributed by atoms with E-state index in [0.29, 0.717) is 18.8 Å². The highest BCUT2D eigenvalue weighted by Gasteiger charge is 2.40. The summed E-state index contributed by atoms with van der Waals surface area (Å²) in [5.74, 6) is -0.791. The smallest absolute Gasteiger partial charge is 0.339 e.